The number of hydrogen-bond acceptors (Lipinski definition) is 4. The molecule has 0 aliphatic carbocycles. The minimum absolute atomic E-state index is 0.0794. The van der Waals surface area contributed by atoms with Crippen molar-refractivity contribution in [3.05, 3.63) is 71.2 Å². The van der Waals surface area contributed by atoms with Crippen LogP contribution in [0.2, 0.25) is 0 Å². The van der Waals surface area contributed by atoms with Gasteiger partial charge in [-0.15, -0.1) is 0 Å². The molecule has 144 valence electrons. The summed E-state index contributed by atoms with van der Waals surface area (Å²) in [6.45, 7) is 3.71. The largest absolute Gasteiger partial charge is 0.396 e. The van der Waals surface area contributed by atoms with Crippen LogP contribution in [0.5, 0.6) is 0 Å². The zero-order chi connectivity index (χ0) is 20.3. The third kappa shape index (κ3) is 4.07. The first kappa shape index (κ1) is 19.6. The fourth-order valence-corrected chi connectivity index (χ4v) is 3.11. The molecule has 3 aromatic rings. The summed E-state index contributed by atoms with van der Waals surface area (Å²) in [6.07, 6.45) is 0.671. The van der Waals surface area contributed by atoms with Crippen molar-refractivity contribution in [2.45, 2.75) is 20.3 Å². The normalized spacial score (nSPS) is 12.0. The molecule has 0 bridgehead atoms. The molecular weight excluding hydrogens is 357 g/mol. The molecule has 1 aromatic heterocycles. The van der Waals surface area contributed by atoms with Gasteiger partial charge in [0.15, 0.2) is 0 Å². The molecule has 3 N–H and O–H groups in total. The van der Waals surface area contributed by atoms with Gasteiger partial charge in [-0.25, -0.2) is 4.39 Å². The average Bonchev–Trinajstić information content (AvgIpc) is 2.68. The van der Waals surface area contributed by atoms with Crippen LogP contribution >= 0.6 is 0 Å². The van der Waals surface area contributed by atoms with Gasteiger partial charge in [0.25, 0.3) is 5.91 Å². The van der Waals surface area contributed by atoms with Crippen LogP contribution in [-0.4, -0.2) is 28.3 Å². The Morgan fingerprint density at radius 3 is 2.57 bits per heavy atom. The minimum atomic E-state index is -0.398. The Hall–Kier alpha value is -3.12. The summed E-state index contributed by atoms with van der Waals surface area (Å²) in [5.41, 5.74) is 3.44. The lowest BCUT2D eigenvalue weighted by Crippen LogP contribution is -2.18. The van der Waals surface area contributed by atoms with Gasteiger partial charge in [0.05, 0.1) is 12.1 Å². The van der Waals surface area contributed by atoms with Crippen molar-refractivity contribution in [2.24, 2.45) is 5.92 Å². The van der Waals surface area contributed by atoms with Crippen molar-refractivity contribution in [3.8, 4) is 0 Å². The second-order valence-electron chi connectivity index (χ2n) is 6.71. The third-order valence-electron chi connectivity index (χ3n) is 4.71. The average molecular weight is 379 g/mol. The molecule has 5 nitrogen and oxygen atoms in total. The second kappa shape index (κ2) is 8.27. The first-order valence-electron chi connectivity index (χ1n) is 9.11. The van der Waals surface area contributed by atoms with Gasteiger partial charge in [0.2, 0.25) is 0 Å². The van der Waals surface area contributed by atoms with Crippen LogP contribution < -0.4 is 5.32 Å². The van der Waals surface area contributed by atoms with Gasteiger partial charge in [-0.1, -0.05) is 13.0 Å². The zero-order valence-electron chi connectivity index (χ0n) is 15.8. The monoisotopic (exact) mass is 379 g/mol. The van der Waals surface area contributed by atoms with E-state index in [1.54, 1.807) is 12.1 Å². The number of nitrogens with one attached hydrogen (secondary N) is 2. The van der Waals surface area contributed by atoms with E-state index in [1.807, 2.05) is 26.0 Å². The van der Waals surface area contributed by atoms with E-state index in [-0.39, 0.29) is 18.4 Å². The number of benzene rings is 2. The van der Waals surface area contributed by atoms with Crippen molar-refractivity contribution < 1.29 is 14.3 Å². The summed E-state index contributed by atoms with van der Waals surface area (Å²) in [5.74, 6) is -0.973. The smallest absolute Gasteiger partial charge is 0.255 e. The Labute approximate surface area is 162 Å². The van der Waals surface area contributed by atoms with Gasteiger partial charge in [0.1, 0.15) is 5.82 Å². The Bertz CT molecular complexity index is 1030. The third-order valence-corrected chi connectivity index (χ3v) is 4.71. The first-order valence-corrected chi connectivity index (χ1v) is 9.11. The topological polar surface area (TPSA) is 86.1 Å². The Morgan fingerprint density at radius 2 is 1.93 bits per heavy atom. The minimum Gasteiger partial charge on any atom is -0.396 e. The summed E-state index contributed by atoms with van der Waals surface area (Å²) < 4.78 is 13.0. The maximum absolute atomic E-state index is 13.0. The molecule has 2 aromatic carbocycles. The molecule has 3 rings (SSSR count). The lowest BCUT2D eigenvalue weighted by molar-refractivity contribution is 0.102. The van der Waals surface area contributed by atoms with Crippen molar-refractivity contribution in [2.75, 3.05) is 11.9 Å². The number of hydrogen-bond donors (Lipinski definition) is 3. The van der Waals surface area contributed by atoms with Crippen molar-refractivity contribution in [1.29, 1.82) is 5.41 Å². The highest BCUT2D eigenvalue weighted by Gasteiger charge is 2.17. The van der Waals surface area contributed by atoms with E-state index in [2.05, 4.69) is 10.3 Å². The molecular formula is C22H22FN3O2. The summed E-state index contributed by atoms with van der Waals surface area (Å²) in [4.78, 5) is 16.9. The summed E-state index contributed by atoms with van der Waals surface area (Å²) >= 11 is 0. The lowest BCUT2D eigenvalue weighted by Gasteiger charge is -2.16. The number of anilines is 1. The standard InChI is InChI=1S/C22H22FN3O2/c1-3-14(12-27)21(24)19-10-13(2)25-20-11-17(8-9-18(19)20)26-22(28)15-4-6-16(23)7-5-15/h4-11,14,24,27H,3,12H2,1-2H3,(H,26,28)/t14-/m1/s1. The number of aliphatic hydroxyl groups is 1. The maximum Gasteiger partial charge on any atom is 0.255 e. The van der Waals surface area contributed by atoms with Crippen LogP contribution in [0.4, 0.5) is 10.1 Å². The van der Waals surface area contributed by atoms with E-state index in [1.165, 1.54) is 24.3 Å². The molecule has 1 atom stereocenters. The van der Waals surface area contributed by atoms with Crippen molar-refractivity contribution in [3.63, 3.8) is 0 Å². The van der Waals surface area contributed by atoms with Gasteiger partial charge in [-0.05, 0) is 55.8 Å². The molecule has 0 aliphatic rings. The Balaban J connectivity index is 1.94. The molecule has 28 heavy (non-hydrogen) atoms. The molecule has 0 radical (unpaired) electrons. The van der Waals surface area contributed by atoms with Gasteiger partial charge >= 0.3 is 0 Å². The number of fused-ring (bicyclic) bond motifs is 1. The van der Waals surface area contributed by atoms with Gasteiger partial charge in [0, 0.05) is 39.5 Å². The van der Waals surface area contributed by atoms with Crippen LogP contribution in [0.1, 0.15) is 35.0 Å². The number of aryl methyl sites for hydroxylation is 1. The van der Waals surface area contributed by atoms with Crippen LogP contribution in [0.3, 0.4) is 0 Å². The molecule has 6 heteroatoms. The van der Waals surface area contributed by atoms with E-state index in [9.17, 15) is 14.3 Å². The van der Waals surface area contributed by atoms with E-state index in [0.717, 1.165) is 16.6 Å². The van der Waals surface area contributed by atoms with Gasteiger partial charge in [-0.2, -0.15) is 0 Å². The van der Waals surface area contributed by atoms with E-state index in [4.69, 9.17) is 5.41 Å². The molecule has 0 aliphatic heterocycles. The molecule has 0 fully saturated rings. The van der Waals surface area contributed by atoms with Gasteiger partial charge < -0.3 is 15.8 Å². The van der Waals surface area contributed by atoms with E-state index < -0.39 is 5.82 Å². The number of carbonyl (C=O) groups is 1. The molecule has 1 heterocycles. The number of aliphatic hydroxyl groups excluding tert-OH is 1. The summed E-state index contributed by atoms with van der Waals surface area (Å²) in [5, 5.41) is 21.6. The number of halogens is 1. The second-order valence-corrected chi connectivity index (χ2v) is 6.71. The highest BCUT2D eigenvalue weighted by atomic mass is 19.1. The van der Waals surface area contributed by atoms with E-state index >= 15 is 0 Å². The maximum atomic E-state index is 13.0. The molecule has 0 unspecified atom stereocenters. The Kier molecular flexibility index (Phi) is 5.80. The van der Waals surface area contributed by atoms with Crippen LogP contribution in [-0.2, 0) is 0 Å². The molecule has 0 saturated heterocycles. The predicted octanol–water partition coefficient (Wildman–Crippen LogP) is 4.32. The molecule has 0 saturated carbocycles. The quantitative estimate of drug-likeness (QED) is 0.558. The number of pyridine rings is 1. The fraction of sp³-hybridized carbons (Fsp3) is 0.227. The first-order chi connectivity index (χ1) is 13.4. The number of nitrogens with zero attached hydrogens (tertiary/aromatic N) is 1. The SMILES string of the molecule is CC[C@H](CO)C(=N)c1cc(C)nc2cc(NC(=O)c3ccc(F)cc3)ccc12. The Morgan fingerprint density at radius 1 is 1.21 bits per heavy atom. The number of rotatable bonds is 6. The van der Waals surface area contributed by atoms with Crippen LogP contribution in [0.15, 0.2) is 48.5 Å². The predicted molar refractivity (Wildman–Crippen MR) is 109 cm³/mol. The zero-order valence-corrected chi connectivity index (χ0v) is 15.8. The highest BCUT2D eigenvalue weighted by Crippen LogP contribution is 2.25. The highest BCUT2D eigenvalue weighted by molar-refractivity contribution is 6.11. The van der Waals surface area contributed by atoms with Crippen molar-refractivity contribution in [1.82, 2.24) is 4.98 Å². The van der Waals surface area contributed by atoms with Crippen molar-refractivity contribution >= 4 is 28.2 Å². The molecule has 1 amide bonds. The van der Waals surface area contributed by atoms with Crippen LogP contribution in [0, 0.1) is 24.1 Å². The summed E-state index contributed by atoms with van der Waals surface area (Å²) in [6, 6.07) is 12.5. The number of aromatic nitrogens is 1. The fourth-order valence-electron chi connectivity index (χ4n) is 3.11. The van der Waals surface area contributed by atoms with E-state index in [0.29, 0.717) is 28.9 Å². The summed E-state index contributed by atoms with van der Waals surface area (Å²) in [7, 11) is 0. The van der Waals surface area contributed by atoms with Gasteiger partial charge in [-0.3, -0.25) is 9.78 Å². The number of amides is 1. The van der Waals surface area contributed by atoms with Crippen LogP contribution in [0.25, 0.3) is 10.9 Å². The number of carbonyl (C=O) groups excluding carboxylic acids is 1. The molecule has 0 spiro atoms. The lowest BCUT2D eigenvalue weighted by atomic mass is 9.92.